The molecule has 3 aromatic rings. The third-order valence-electron chi connectivity index (χ3n) is 8.88. The van der Waals surface area contributed by atoms with Gasteiger partial charge in [-0.1, -0.05) is 17.7 Å². The molecule has 1 aliphatic carbocycles. The van der Waals surface area contributed by atoms with Gasteiger partial charge in [0, 0.05) is 29.9 Å². The van der Waals surface area contributed by atoms with Crippen LogP contribution in [0, 0.1) is 18.3 Å². The second-order valence-corrected chi connectivity index (χ2v) is 14.9. The Morgan fingerprint density at radius 2 is 1.84 bits per heavy atom. The Kier molecular flexibility index (Phi) is 10.1. The van der Waals surface area contributed by atoms with Crippen molar-refractivity contribution in [1.82, 2.24) is 29.4 Å². The Balaban J connectivity index is 1.15. The van der Waals surface area contributed by atoms with Crippen molar-refractivity contribution in [3.63, 3.8) is 0 Å². The van der Waals surface area contributed by atoms with Crippen molar-refractivity contribution in [2.24, 2.45) is 11.3 Å². The number of carboxylic acid groups (broad SMARTS) is 1. The highest BCUT2D eigenvalue weighted by atomic mass is 35.5. The maximum Gasteiger partial charge on any atom is 0.407 e. The summed E-state index contributed by atoms with van der Waals surface area (Å²) in [6, 6.07) is 6.77. The van der Waals surface area contributed by atoms with Gasteiger partial charge in [0.1, 0.15) is 5.15 Å². The highest BCUT2D eigenvalue weighted by Crippen LogP contribution is 2.59. The highest BCUT2D eigenvalue weighted by Gasteiger charge is 2.62. The van der Waals surface area contributed by atoms with E-state index in [0.717, 1.165) is 12.8 Å². The number of aromatic nitrogens is 4. The molecule has 2 aliphatic rings. The number of alkyl halides is 3. The summed E-state index contributed by atoms with van der Waals surface area (Å²) in [4.78, 5) is 34.1. The number of amides is 2. The summed E-state index contributed by atoms with van der Waals surface area (Å²) in [6.45, 7) is 5.97. The topological polar surface area (TPSA) is 166 Å². The van der Waals surface area contributed by atoms with Crippen LogP contribution < -0.4 is 14.2 Å². The standard InChI is InChI=1S/C31H36ClF3N6O7S/c1-19-6-9-24(37-27(19)48-15-4-5-20-17-29(2,3)40(18-20)28(43)44)49(45,46)39-26(42)21-7-8-22(36-25(21)32)41-14-10-23(38-41)47-16-13-30(11-12-30)31(33,34)35/h6-10,14,20H,4-5,11-13,15-18H2,1-3H3,(H,39,42)(H,43,44)/t20-/m0/s1. The summed E-state index contributed by atoms with van der Waals surface area (Å²) in [5.74, 6) is -0.597. The quantitative estimate of drug-likeness (QED) is 0.163. The first-order valence-corrected chi connectivity index (χ1v) is 17.4. The molecule has 0 unspecified atom stereocenters. The number of nitrogens with one attached hydrogen (secondary N) is 1. The largest absolute Gasteiger partial charge is 0.477 e. The maximum absolute atomic E-state index is 13.1. The fourth-order valence-electron chi connectivity index (χ4n) is 5.89. The Morgan fingerprint density at radius 1 is 1.10 bits per heavy atom. The number of carbonyl (C=O) groups excluding carboxylic acids is 1. The van der Waals surface area contributed by atoms with Crippen LogP contribution in [0.15, 0.2) is 41.6 Å². The predicted molar refractivity (Wildman–Crippen MR) is 169 cm³/mol. The SMILES string of the molecule is Cc1ccc(S(=O)(=O)NC(=O)c2ccc(-n3ccc(OCCC4(C(F)(F)F)CC4)n3)nc2Cl)nc1OCCC[C@@H]1CN(C(=O)O)C(C)(C)C1. The van der Waals surface area contributed by atoms with Crippen molar-refractivity contribution in [2.75, 3.05) is 19.8 Å². The number of halogens is 4. The summed E-state index contributed by atoms with van der Waals surface area (Å²) in [7, 11) is -4.46. The minimum absolute atomic E-state index is 0.0719. The molecular formula is C31H36ClF3N6O7S. The summed E-state index contributed by atoms with van der Waals surface area (Å²) in [5, 5.41) is 12.8. The second-order valence-electron chi connectivity index (χ2n) is 13.0. The Bertz CT molecular complexity index is 1830. The highest BCUT2D eigenvalue weighted by molar-refractivity contribution is 7.90. The van der Waals surface area contributed by atoms with Gasteiger partial charge < -0.3 is 19.5 Å². The lowest BCUT2D eigenvalue weighted by Gasteiger charge is -2.28. The van der Waals surface area contributed by atoms with E-state index in [1.165, 1.54) is 46.1 Å². The second kappa shape index (κ2) is 13.7. The van der Waals surface area contributed by atoms with Crippen molar-refractivity contribution < 1.29 is 45.8 Å². The molecule has 1 atom stereocenters. The third kappa shape index (κ3) is 8.20. The number of hydrogen-bond acceptors (Lipinski definition) is 9. The molecule has 2 N–H and O–H groups in total. The van der Waals surface area contributed by atoms with E-state index in [1.54, 1.807) is 6.92 Å². The van der Waals surface area contributed by atoms with Gasteiger partial charge >= 0.3 is 12.3 Å². The maximum atomic E-state index is 13.1. The first-order valence-electron chi connectivity index (χ1n) is 15.5. The fraction of sp³-hybridized carbons (Fsp3) is 0.516. The van der Waals surface area contributed by atoms with Crippen LogP contribution in [0.25, 0.3) is 5.82 Å². The molecular weight excluding hydrogens is 693 g/mol. The number of likely N-dealkylation sites (tertiary alicyclic amines) is 1. The number of aryl methyl sites for hydroxylation is 1. The minimum Gasteiger partial charge on any atom is -0.477 e. The molecule has 4 heterocycles. The molecule has 5 rings (SSSR count). The monoisotopic (exact) mass is 728 g/mol. The minimum atomic E-state index is -4.46. The lowest BCUT2D eigenvalue weighted by Crippen LogP contribution is -2.41. The Hall–Kier alpha value is -4.12. The summed E-state index contributed by atoms with van der Waals surface area (Å²) < 4.78 is 79.9. The zero-order valence-electron chi connectivity index (χ0n) is 27.0. The molecule has 18 heteroatoms. The van der Waals surface area contributed by atoms with Crippen molar-refractivity contribution >= 4 is 33.6 Å². The molecule has 0 radical (unpaired) electrons. The van der Waals surface area contributed by atoms with E-state index in [2.05, 4.69) is 15.1 Å². The van der Waals surface area contributed by atoms with Crippen LogP contribution >= 0.6 is 11.6 Å². The molecule has 1 saturated carbocycles. The molecule has 3 aromatic heterocycles. The molecule has 1 aliphatic heterocycles. The van der Waals surface area contributed by atoms with Gasteiger partial charge in [0.25, 0.3) is 15.9 Å². The number of pyridine rings is 2. The van der Waals surface area contributed by atoms with E-state index in [1.807, 2.05) is 18.6 Å². The van der Waals surface area contributed by atoms with E-state index in [9.17, 15) is 36.3 Å². The van der Waals surface area contributed by atoms with E-state index in [4.69, 9.17) is 21.1 Å². The molecule has 2 amide bonds. The Labute approximate surface area is 285 Å². The molecule has 49 heavy (non-hydrogen) atoms. The number of rotatable bonds is 13. The van der Waals surface area contributed by atoms with Gasteiger partial charge in [0.05, 0.1) is 24.2 Å². The predicted octanol–water partition coefficient (Wildman–Crippen LogP) is 5.79. The van der Waals surface area contributed by atoms with Crippen LogP contribution in [0.4, 0.5) is 18.0 Å². The zero-order valence-corrected chi connectivity index (χ0v) is 28.5. The normalized spacial score (nSPS) is 18.3. The first kappa shape index (κ1) is 36.2. The van der Waals surface area contributed by atoms with Crippen LogP contribution in [0.1, 0.15) is 68.3 Å². The third-order valence-corrected chi connectivity index (χ3v) is 10.4. The first-order chi connectivity index (χ1) is 22.9. The summed E-state index contributed by atoms with van der Waals surface area (Å²) in [6.07, 6.45) is -1.77. The average Bonchev–Trinajstić information content (AvgIpc) is 3.55. The van der Waals surface area contributed by atoms with Gasteiger partial charge in [-0.2, -0.15) is 26.6 Å². The summed E-state index contributed by atoms with van der Waals surface area (Å²) in [5.41, 5.74) is -1.81. The molecule has 0 aromatic carbocycles. The smallest absolute Gasteiger partial charge is 0.407 e. The van der Waals surface area contributed by atoms with Crippen molar-refractivity contribution in [1.29, 1.82) is 0 Å². The molecule has 0 bridgehead atoms. The van der Waals surface area contributed by atoms with Crippen molar-refractivity contribution in [2.45, 2.75) is 76.0 Å². The van der Waals surface area contributed by atoms with Gasteiger partial charge in [0.15, 0.2) is 10.8 Å². The summed E-state index contributed by atoms with van der Waals surface area (Å²) >= 11 is 6.23. The number of nitrogens with zero attached hydrogens (tertiary/aromatic N) is 5. The van der Waals surface area contributed by atoms with Crippen LogP contribution in [0.3, 0.4) is 0 Å². The lowest BCUT2D eigenvalue weighted by molar-refractivity contribution is -0.190. The van der Waals surface area contributed by atoms with Crippen molar-refractivity contribution in [3.05, 3.63) is 52.8 Å². The molecule has 1 saturated heterocycles. The number of sulfonamides is 1. The molecule has 266 valence electrons. The van der Waals surface area contributed by atoms with Gasteiger partial charge in [-0.15, -0.1) is 5.10 Å². The lowest BCUT2D eigenvalue weighted by atomic mass is 9.93. The van der Waals surface area contributed by atoms with Crippen LogP contribution in [0.2, 0.25) is 5.15 Å². The Morgan fingerprint density at radius 3 is 2.47 bits per heavy atom. The molecule has 13 nitrogen and oxygen atoms in total. The number of hydrogen-bond donors (Lipinski definition) is 2. The van der Waals surface area contributed by atoms with Gasteiger partial charge in [0.2, 0.25) is 11.8 Å². The van der Waals surface area contributed by atoms with E-state index < -0.39 is 44.2 Å². The van der Waals surface area contributed by atoms with Gasteiger partial charge in [-0.3, -0.25) is 4.79 Å². The number of ether oxygens (including phenoxy) is 2. The van der Waals surface area contributed by atoms with E-state index in [0.29, 0.717) is 18.5 Å². The fourth-order valence-corrected chi connectivity index (χ4v) is 7.03. The van der Waals surface area contributed by atoms with Crippen LogP contribution in [-0.4, -0.2) is 81.6 Å². The zero-order chi connectivity index (χ0) is 35.8. The van der Waals surface area contributed by atoms with Crippen molar-refractivity contribution in [3.8, 4) is 17.6 Å². The van der Waals surface area contributed by atoms with Gasteiger partial charge in [-0.25, -0.2) is 19.2 Å². The molecule has 0 spiro atoms. The number of carbonyl (C=O) groups is 2. The average molecular weight is 729 g/mol. The van der Waals surface area contributed by atoms with E-state index in [-0.39, 0.29) is 66.7 Å². The van der Waals surface area contributed by atoms with Gasteiger partial charge in [-0.05, 0) is 83.4 Å². The molecule has 2 fully saturated rings. The van der Waals surface area contributed by atoms with Crippen LogP contribution in [0.5, 0.6) is 11.8 Å². The van der Waals surface area contributed by atoms with E-state index >= 15 is 0 Å². The van der Waals surface area contributed by atoms with Crippen LogP contribution in [-0.2, 0) is 10.0 Å².